The number of carbonyl (C=O) groups is 2. The Morgan fingerprint density at radius 1 is 1.53 bits per heavy atom. The summed E-state index contributed by atoms with van der Waals surface area (Å²) in [7, 11) is 1.30. The molecule has 1 aliphatic rings. The first-order chi connectivity index (χ1) is 7.98. The summed E-state index contributed by atoms with van der Waals surface area (Å²) < 4.78 is 10.0. The van der Waals surface area contributed by atoms with E-state index in [4.69, 9.17) is 9.52 Å². The topological polar surface area (TPSA) is 76.7 Å². The third-order valence-corrected chi connectivity index (χ3v) is 3.19. The number of hydrogen-bond donors (Lipinski definition) is 1. The molecule has 0 spiro atoms. The molecule has 0 amide bonds. The first-order valence-electron chi connectivity index (χ1n) is 5.39. The van der Waals surface area contributed by atoms with Crippen molar-refractivity contribution in [2.75, 3.05) is 7.11 Å². The molecule has 2 rings (SSSR count). The molecule has 0 atom stereocenters. The van der Waals surface area contributed by atoms with Gasteiger partial charge in [-0.3, -0.25) is 4.79 Å². The smallest absolute Gasteiger partial charge is 0.341 e. The average molecular weight is 238 g/mol. The predicted molar refractivity (Wildman–Crippen MR) is 57.8 cm³/mol. The lowest BCUT2D eigenvalue weighted by atomic mass is 10.0. The molecule has 0 aliphatic heterocycles. The van der Waals surface area contributed by atoms with Gasteiger partial charge in [-0.25, -0.2) is 4.79 Å². The molecule has 1 heterocycles. The number of furan rings is 1. The Morgan fingerprint density at radius 2 is 2.18 bits per heavy atom. The molecule has 0 saturated heterocycles. The van der Waals surface area contributed by atoms with Crippen LogP contribution in [0.25, 0.3) is 0 Å². The normalized spacial score (nSPS) is 16.6. The molecule has 0 bridgehead atoms. The van der Waals surface area contributed by atoms with Crippen molar-refractivity contribution in [3.05, 3.63) is 23.2 Å². The lowest BCUT2D eigenvalue weighted by Gasteiger charge is -2.05. The van der Waals surface area contributed by atoms with Crippen molar-refractivity contribution in [2.45, 2.75) is 26.2 Å². The summed E-state index contributed by atoms with van der Waals surface area (Å²) in [5.41, 5.74) is -0.318. The second-order valence-corrected chi connectivity index (χ2v) is 4.44. The van der Waals surface area contributed by atoms with E-state index in [0.29, 0.717) is 36.3 Å². The Balaban J connectivity index is 2.19. The van der Waals surface area contributed by atoms with Gasteiger partial charge in [0.25, 0.3) is 0 Å². The van der Waals surface area contributed by atoms with Crippen LogP contribution in [0.4, 0.5) is 0 Å². The van der Waals surface area contributed by atoms with E-state index >= 15 is 0 Å². The number of carbonyl (C=O) groups excluding carboxylic acids is 1. The van der Waals surface area contributed by atoms with Crippen LogP contribution in [0.15, 0.2) is 10.5 Å². The maximum absolute atomic E-state index is 11.4. The van der Waals surface area contributed by atoms with E-state index in [0.717, 1.165) is 0 Å². The molecule has 5 heteroatoms. The number of ether oxygens (including phenoxy) is 1. The Morgan fingerprint density at radius 3 is 2.65 bits per heavy atom. The van der Waals surface area contributed by atoms with Crippen molar-refractivity contribution in [3.63, 3.8) is 0 Å². The summed E-state index contributed by atoms with van der Waals surface area (Å²) in [4.78, 5) is 22.4. The molecule has 92 valence electrons. The molecule has 1 aliphatic carbocycles. The maximum Gasteiger partial charge on any atom is 0.341 e. The zero-order valence-electron chi connectivity index (χ0n) is 9.78. The van der Waals surface area contributed by atoms with Gasteiger partial charge in [0.05, 0.1) is 12.5 Å². The minimum atomic E-state index is -0.800. The second kappa shape index (κ2) is 3.91. The van der Waals surface area contributed by atoms with Gasteiger partial charge in [-0.15, -0.1) is 0 Å². The van der Waals surface area contributed by atoms with Gasteiger partial charge < -0.3 is 14.3 Å². The molecule has 1 saturated carbocycles. The molecule has 0 aromatic carbocycles. The lowest BCUT2D eigenvalue weighted by molar-refractivity contribution is -0.143. The number of aliphatic carboxylic acids is 1. The predicted octanol–water partition coefficient (Wildman–Crippen LogP) is 1.78. The quantitative estimate of drug-likeness (QED) is 0.809. The second-order valence-electron chi connectivity index (χ2n) is 4.44. The van der Waals surface area contributed by atoms with Gasteiger partial charge in [0.2, 0.25) is 0 Å². The zero-order valence-corrected chi connectivity index (χ0v) is 9.78. The average Bonchev–Trinajstić information content (AvgIpc) is 2.97. The summed E-state index contributed by atoms with van der Waals surface area (Å²) >= 11 is 0. The Kier molecular flexibility index (Phi) is 2.69. The molecule has 1 aromatic heterocycles. The van der Waals surface area contributed by atoms with Crippen LogP contribution in [0.2, 0.25) is 0 Å². The SMILES string of the molecule is COC(=O)c1cc(CC2(C(=O)O)CC2)oc1C. The number of methoxy groups -OCH3 is 1. The first-order valence-corrected chi connectivity index (χ1v) is 5.39. The summed E-state index contributed by atoms with van der Waals surface area (Å²) in [6, 6.07) is 1.57. The largest absolute Gasteiger partial charge is 0.481 e. The van der Waals surface area contributed by atoms with Crippen LogP contribution >= 0.6 is 0 Å². The Bertz CT molecular complexity index is 467. The van der Waals surface area contributed by atoms with E-state index in [-0.39, 0.29) is 0 Å². The third kappa shape index (κ3) is 2.05. The third-order valence-electron chi connectivity index (χ3n) is 3.19. The highest BCUT2D eigenvalue weighted by Crippen LogP contribution is 2.48. The summed E-state index contributed by atoms with van der Waals surface area (Å²) in [5.74, 6) is -0.264. The van der Waals surface area contributed by atoms with Crippen LogP contribution in [0.1, 0.15) is 34.7 Å². The van der Waals surface area contributed by atoms with Crippen LogP contribution in [0.3, 0.4) is 0 Å². The van der Waals surface area contributed by atoms with Crippen molar-refractivity contribution in [2.24, 2.45) is 5.41 Å². The van der Waals surface area contributed by atoms with E-state index in [1.165, 1.54) is 7.11 Å². The molecular weight excluding hydrogens is 224 g/mol. The molecule has 17 heavy (non-hydrogen) atoms. The standard InChI is InChI=1S/C12H14O5/c1-7-9(10(13)16-2)5-8(17-7)6-12(3-4-12)11(14)15/h5H,3-4,6H2,1-2H3,(H,14,15). The molecule has 0 radical (unpaired) electrons. The van der Waals surface area contributed by atoms with Crippen LogP contribution < -0.4 is 0 Å². The molecule has 1 N–H and O–H groups in total. The van der Waals surface area contributed by atoms with Crippen molar-refractivity contribution < 1.29 is 23.8 Å². The highest BCUT2D eigenvalue weighted by atomic mass is 16.5. The Hall–Kier alpha value is -1.78. The number of esters is 1. The number of aryl methyl sites for hydroxylation is 1. The van der Waals surface area contributed by atoms with E-state index in [2.05, 4.69) is 4.74 Å². The minimum absolute atomic E-state index is 0.333. The summed E-state index contributed by atoms with van der Waals surface area (Å²) in [6.45, 7) is 1.66. The fourth-order valence-corrected chi connectivity index (χ4v) is 1.89. The van der Waals surface area contributed by atoms with E-state index in [1.807, 2.05) is 0 Å². The zero-order chi connectivity index (χ0) is 12.6. The molecule has 0 unspecified atom stereocenters. The fourth-order valence-electron chi connectivity index (χ4n) is 1.89. The van der Waals surface area contributed by atoms with Crippen molar-refractivity contribution in [3.8, 4) is 0 Å². The van der Waals surface area contributed by atoms with E-state index < -0.39 is 17.4 Å². The van der Waals surface area contributed by atoms with Crippen LogP contribution in [-0.4, -0.2) is 24.2 Å². The fraction of sp³-hybridized carbons (Fsp3) is 0.500. The van der Waals surface area contributed by atoms with E-state index in [1.54, 1.807) is 13.0 Å². The maximum atomic E-state index is 11.4. The van der Waals surface area contributed by atoms with Crippen LogP contribution in [0.5, 0.6) is 0 Å². The summed E-state index contributed by atoms with van der Waals surface area (Å²) in [5, 5.41) is 9.06. The summed E-state index contributed by atoms with van der Waals surface area (Å²) in [6.07, 6.45) is 1.66. The van der Waals surface area contributed by atoms with Crippen molar-refractivity contribution in [1.29, 1.82) is 0 Å². The number of carboxylic acids is 1. The van der Waals surface area contributed by atoms with E-state index in [9.17, 15) is 9.59 Å². The van der Waals surface area contributed by atoms with Crippen LogP contribution in [-0.2, 0) is 16.0 Å². The Labute approximate surface area is 98.4 Å². The number of rotatable bonds is 4. The monoisotopic (exact) mass is 238 g/mol. The minimum Gasteiger partial charge on any atom is -0.481 e. The number of hydrogen-bond acceptors (Lipinski definition) is 4. The van der Waals surface area contributed by atoms with Crippen LogP contribution in [0, 0.1) is 12.3 Å². The van der Waals surface area contributed by atoms with Gasteiger partial charge in [0.1, 0.15) is 17.1 Å². The highest BCUT2D eigenvalue weighted by Gasteiger charge is 2.50. The number of carboxylic acid groups (broad SMARTS) is 1. The van der Waals surface area contributed by atoms with Crippen molar-refractivity contribution >= 4 is 11.9 Å². The highest BCUT2D eigenvalue weighted by molar-refractivity contribution is 5.90. The first kappa shape index (κ1) is 11.7. The van der Waals surface area contributed by atoms with Gasteiger partial charge in [-0.1, -0.05) is 0 Å². The van der Waals surface area contributed by atoms with Gasteiger partial charge in [-0.2, -0.15) is 0 Å². The van der Waals surface area contributed by atoms with Gasteiger partial charge >= 0.3 is 11.9 Å². The van der Waals surface area contributed by atoms with Crippen molar-refractivity contribution in [1.82, 2.24) is 0 Å². The van der Waals surface area contributed by atoms with Gasteiger partial charge in [-0.05, 0) is 25.8 Å². The van der Waals surface area contributed by atoms with Gasteiger partial charge in [0.15, 0.2) is 0 Å². The molecule has 1 aromatic rings. The molecular formula is C12H14O5. The molecule has 5 nitrogen and oxygen atoms in total. The lowest BCUT2D eigenvalue weighted by Crippen LogP contribution is -2.17. The molecule has 1 fully saturated rings. The van der Waals surface area contributed by atoms with Gasteiger partial charge in [0, 0.05) is 6.42 Å².